The van der Waals surface area contributed by atoms with Crippen molar-refractivity contribution >= 4 is 43.6 Å². The maximum atomic E-state index is 3.75. The van der Waals surface area contributed by atoms with Gasteiger partial charge in [0.25, 0.3) is 0 Å². The average Bonchev–Trinajstić information content (AvgIpc) is 3.44. The first-order valence-electron chi connectivity index (χ1n) is 12.0. The van der Waals surface area contributed by atoms with Crippen molar-refractivity contribution < 1.29 is 0 Å². The lowest BCUT2D eigenvalue weighted by Gasteiger charge is -2.14. The van der Waals surface area contributed by atoms with Gasteiger partial charge in [-0.3, -0.25) is 0 Å². The van der Waals surface area contributed by atoms with E-state index in [1.807, 2.05) is 0 Å². The van der Waals surface area contributed by atoms with Crippen LogP contribution in [0.15, 0.2) is 103 Å². The number of hydrogen-bond acceptors (Lipinski definition) is 0. The highest BCUT2D eigenvalue weighted by Crippen LogP contribution is 2.44. The molecule has 2 nitrogen and oxygen atoms in total. The van der Waals surface area contributed by atoms with E-state index in [1.165, 1.54) is 71.6 Å². The van der Waals surface area contributed by atoms with Gasteiger partial charge in [0.2, 0.25) is 0 Å². The van der Waals surface area contributed by atoms with E-state index in [4.69, 9.17) is 0 Å². The van der Waals surface area contributed by atoms with Gasteiger partial charge < -0.3 is 9.55 Å². The monoisotopic (exact) mass is 434 g/mol. The largest absolute Gasteiger partial charge is 0.354 e. The van der Waals surface area contributed by atoms with Crippen LogP contribution in [0.3, 0.4) is 0 Å². The third kappa shape index (κ3) is 2.35. The van der Waals surface area contributed by atoms with Crippen LogP contribution >= 0.6 is 0 Å². The molecule has 0 saturated carbocycles. The van der Waals surface area contributed by atoms with Crippen LogP contribution in [0.1, 0.15) is 11.1 Å². The maximum absolute atomic E-state index is 3.75. The average molecular weight is 435 g/mol. The van der Waals surface area contributed by atoms with Crippen LogP contribution < -0.4 is 0 Å². The van der Waals surface area contributed by atoms with Gasteiger partial charge in [-0.2, -0.15) is 0 Å². The molecule has 0 spiro atoms. The lowest BCUT2D eigenvalue weighted by Crippen LogP contribution is -1.99. The molecule has 7 aromatic rings. The Morgan fingerprint density at radius 1 is 0.588 bits per heavy atom. The molecule has 0 bridgehead atoms. The fraction of sp³-hybridized carbons (Fsp3) is 0.0625. The van der Waals surface area contributed by atoms with Crippen molar-refractivity contribution in [3.8, 4) is 16.8 Å². The van der Waals surface area contributed by atoms with Gasteiger partial charge in [-0.1, -0.05) is 72.8 Å². The second-order valence-electron chi connectivity index (χ2n) is 9.40. The Kier molecular flexibility index (Phi) is 3.53. The SMILES string of the molecule is c1ccc(-c2ccc(-n3c4cccc5c4c4c(c6[nH]c7ccccc7c6cc43)CC5)cc2)cc1. The van der Waals surface area contributed by atoms with Gasteiger partial charge in [0.1, 0.15) is 0 Å². The van der Waals surface area contributed by atoms with E-state index >= 15 is 0 Å². The van der Waals surface area contributed by atoms with Gasteiger partial charge in [-0.25, -0.2) is 0 Å². The van der Waals surface area contributed by atoms with Gasteiger partial charge in [0.15, 0.2) is 0 Å². The van der Waals surface area contributed by atoms with Gasteiger partial charge in [0.05, 0.1) is 16.6 Å². The van der Waals surface area contributed by atoms with Gasteiger partial charge in [-0.05, 0) is 65.4 Å². The molecule has 0 radical (unpaired) electrons. The molecular formula is C32H22N2. The molecule has 0 fully saturated rings. The molecule has 2 heterocycles. The number of nitrogens with zero attached hydrogens (tertiary/aromatic N) is 1. The molecule has 1 N–H and O–H groups in total. The van der Waals surface area contributed by atoms with Gasteiger partial charge in [-0.15, -0.1) is 0 Å². The third-order valence-electron chi connectivity index (χ3n) is 7.62. The molecule has 1 aliphatic carbocycles. The summed E-state index contributed by atoms with van der Waals surface area (Å²) in [4.78, 5) is 3.75. The number of aromatic nitrogens is 2. The van der Waals surface area contributed by atoms with Crippen LogP contribution in [-0.2, 0) is 12.8 Å². The summed E-state index contributed by atoms with van der Waals surface area (Å²) in [6, 6.07) is 37.5. The molecule has 2 aromatic heterocycles. The minimum Gasteiger partial charge on any atom is -0.354 e. The Morgan fingerprint density at radius 3 is 2.26 bits per heavy atom. The smallest absolute Gasteiger partial charge is 0.0551 e. The summed E-state index contributed by atoms with van der Waals surface area (Å²) in [7, 11) is 0. The van der Waals surface area contributed by atoms with Crippen molar-refractivity contribution in [2.75, 3.05) is 0 Å². The molecule has 2 heteroatoms. The summed E-state index contributed by atoms with van der Waals surface area (Å²) in [6.45, 7) is 0. The zero-order valence-corrected chi connectivity index (χ0v) is 18.7. The van der Waals surface area contributed by atoms with Crippen molar-refractivity contribution in [3.63, 3.8) is 0 Å². The van der Waals surface area contributed by atoms with E-state index in [0.29, 0.717) is 0 Å². The highest BCUT2D eigenvalue weighted by Gasteiger charge is 2.24. The second-order valence-corrected chi connectivity index (χ2v) is 9.40. The first kappa shape index (κ1) is 18.2. The summed E-state index contributed by atoms with van der Waals surface area (Å²) in [5.41, 5.74) is 11.8. The van der Waals surface area contributed by atoms with Crippen molar-refractivity contribution in [3.05, 3.63) is 114 Å². The van der Waals surface area contributed by atoms with E-state index in [2.05, 4.69) is 113 Å². The quantitative estimate of drug-likeness (QED) is 0.283. The topological polar surface area (TPSA) is 20.7 Å². The van der Waals surface area contributed by atoms with Crippen molar-refractivity contribution in [2.45, 2.75) is 12.8 Å². The number of rotatable bonds is 2. The Morgan fingerprint density at radius 2 is 1.38 bits per heavy atom. The molecule has 1 aliphatic rings. The highest BCUT2D eigenvalue weighted by molar-refractivity contribution is 6.21. The van der Waals surface area contributed by atoms with Crippen LogP contribution in [0.4, 0.5) is 0 Å². The Labute approximate surface area is 197 Å². The van der Waals surface area contributed by atoms with Crippen LogP contribution in [0.5, 0.6) is 0 Å². The molecule has 8 rings (SSSR count). The molecule has 5 aromatic carbocycles. The standard InChI is InChI=1S/C32H22N2/c1-2-7-20(8-3-1)21-13-16-23(17-14-21)34-28-12-6-9-22-15-18-25-31(30(22)28)29(34)19-26-24-10-4-5-11-27(24)33-32(25)26/h1-14,16-17,19,33H,15,18H2. The zero-order valence-electron chi connectivity index (χ0n) is 18.7. The summed E-state index contributed by atoms with van der Waals surface area (Å²) in [5.74, 6) is 0. The molecule has 0 amide bonds. The fourth-order valence-electron chi connectivity index (χ4n) is 6.12. The first-order valence-corrected chi connectivity index (χ1v) is 12.0. The minimum atomic E-state index is 1.07. The highest BCUT2D eigenvalue weighted by atomic mass is 15.0. The van der Waals surface area contributed by atoms with E-state index in [9.17, 15) is 0 Å². The van der Waals surface area contributed by atoms with Crippen molar-refractivity contribution in [2.24, 2.45) is 0 Å². The van der Waals surface area contributed by atoms with Crippen LogP contribution in [-0.4, -0.2) is 9.55 Å². The molecule has 0 atom stereocenters. The number of aromatic amines is 1. The molecule has 34 heavy (non-hydrogen) atoms. The van der Waals surface area contributed by atoms with Crippen molar-refractivity contribution in [1.82, 2.24) is 9.55 Å². The maximum Gasteiger partial charge on any atom is 0.0551 e. The van der Waals surface area contributed by atoms with E-state index in [-0.39, 0.29) is 0 Å². The summed E-state index contributed by atoms with van der Waals surface area (Å²) in [5, 5.41) is 5.47. The number of benzene rings is 5. The Bertz CT molecular complexity index is 1880. The van der Waals surface area contributed by atoms with E-state index < -0.39 is 0 Å². The molecule has 160 valence electrons. The number of hydrogen-bond donors (Lipinski definition) is 1. The summed E-state index contributed by atoms with van der Waals surface area (Å²) >= 11 is 0. The lowest BCUT2D eigenvalue weighted by molar-refractivity contribution is 0.975. The first-order chi connectivity index (χ1) is 16.9. The lowest BCUT2D eigenvalue weighted by atomic mass is 9.89. The van der Waals surface area contributed by atoms with Gasteiger partial charge >= 0.3 is 0 Å². The van der Waals surface area contributed by atoms with Crippen LogP contribution in [0.2, 0.25) is 0 Å². The zero-order chi connectivity index (χ0) is 22.2. The Balaban J connectivity index is 1.48. The normalized spacial score (nSPS) is 13.1. The Hall–Kier alpha value is -4.30. The van der Waals surface area contributed by atoms with Crippen LogP contribution in [0, 0.1) is 0 Å². The predicted molar refractivity (Wildman–Crippen MR) is 143 cm³/mol. The minimum absolute atomic E-state index is 1.07. The van der Waals surface area contributed by atoms with E-state index in [0.717, 1.165) is 12.8 Å². The third-order valence-corrected chi connectivity index (χ3v) is 7.62. The number of para-hydroxylation sites is 1. The number of H-pyrrole nitrogens is 1. The summed E-state index contributed by atoms with van der Waals surface area (Å²) < 4.78 is 2.47. The number of fused-ring (bicyclic) bond motifs is 4. The summed E-state index contributed by atoms with van der Waals surface area (Å²) in [6.07, 6.45) is 2.16. The predicted octanol–water partition coefficient (Wildman–Crippen LogP) is 8.18. The van der Waals surface area contributed by atoms with Gasteiger partial charge in [0, 0.05) is 32.7 Å². The number of nitrogens with one attached hydrogen (secondary N) is 1. The molecular weight excluding hydrogens is 412 g/mol. The fourth-order valence-corrected chi connectivity index (χ4v) is 6.12. The molecule has 0 saturated heterocycles. The van der Waals surface area contributed by atoms with E-state index in [1.54, 1.807) is 0 Å². The van der Waals surface area contributed by atoms with Crippen molar-refractivity contribution in [1.29, 1.82) is 0 Å². The molecule has 0 unspecified atom stereocenters. The van der Waals surface area contributed by atoms with Crippen LogP contribution in [0.25, 0.3) is 60.4 Å². The second kappa shape index (κ2) is 6.61. The number of aryl methyl sites for hydroxylation is 2. The molecule has 0 aliphatic heterocycles.